The van der Waals surface area contributed by atoms with Gasteiger partial charge in [0.15, 0.2) is 15.6 Å². The van der Waals surface area contributed by atoms with Gasteiger partial charge >= 0.3 is 0 Å². The minimum atomic E-state index is -3.56. The number of aromatic nitrogens is 2. The van der Waals surface area contributed by atoms with Gasteiger partial charge in [0.05, 0.1) is 22.9 Å². The average molecular weight is 593 g/mol. The molecule has 1 aliphatic rings. The van der Waals surface area contributed by atoms with E-state index in [1.807, 2.05) is 32.0 Å². The summed E-state index contributed by atoms with van der Waals surface area (Å²) in [5.41, 5.74) is 2.89. The number of fused-ring (bicyclic) bond motifs is 1. The summed E-state index contributed by atoms with van der Waals surface area (Å²) < 4.78 is 39.4. The number of amides is 1. The summed E-state index contributed by atoms with van der Waals surface area (Å²) in [7, 11) is -1.95. The van der Waals surface area contributed by atoms with Crippen molar-refractivity contribution in [3.63, 3.8) is 0 Å². The van der Waals surface area contributed by atoms with Crippen LogP contribution in [-0.2, 0) is 21.6 Å². The van der Waals surface area contributed by atoms with Crippen LogP contribution in [0.5, 0.6) is 11.5 Å². The Morgan fingerprint density at radius 1 is 1.17 bits per heavy atom. The summed E-state index contributed by atoms with van der Waals surface area (Å²) in [5, 5.41) is 6.73. The van der Waals surface area contributed by atoms with E-state index in [1.165, 1.54) is 10.6 Å². The molecule has 42 heavy (non-hydrogen) atoms. The van der Waals surface area contributed by atoms with Crippen LogP contribution in [-0.4, -0.2) is 55.9 Å². The first-order valence-electron chi connectivity index (χ1n) is 14.1. The van der Waals surface area contributed by atoms with E-state index < -0.39 is 9.84 Å². The SMILES string of the molecule is CCNC(=O)c1cc2c(-c3cc(S(=O)(=O)CC)ccc3Oc3c(C)cccc3NCC3CCOC3)cn(C)c(=O)c2[nH]1. The van der Waals surface area contributed by atoms with Crippen molar-refractivity contribution in [1.29, 1.82) is 0 Å². The zero-order chi connectivity index (χ0) is 30.0. The Morgan fingerprint density at radius 2 is 1.98 bits per heavy atom. The number of anilines is 1. The van der Waals surface area contributed by atoms with Gasteiger partial charge in [-0.2, -0.15) is 0 Å². The second kappa shape index (κ2) is 12.0. The van der Waals surface area contributed by atoms with Gasteiger partial charge in [0, 0.05) is 55.4 Å². The number of hydrogen-bond acceptors (Lipinski definition) is 7. The third kappa shape index (κ3) is 5.79. The zero-order valence-corrected chi connectivity index (χ0v) is 25.1. The zero-order valence-electron chi connectivity index (χ0n) is 24.2. The summed E-state index contributed by atoms with van der Waals surface area (Å²) in [6.07, 6.45) is 2.63. The molecule has 0 aliphatic carbocycles. The lowest BCUT2D eigenvalue weighted by atomic mass is 10.0. The Kier molecular flexibility index (Phi) is 8.42. The van der Waals surface area contributed by atoms with Gasteiger partial charge in [0.25, 0.3) is 11.5 Å². The number of para-hydroxylation sites is 1. The Labute approximate surface area is 245 Å². The smallest absolute Gasteiger partial charge is 0.274 e. The number of ether oxygens (including phenoxy) is 2. The molecule has 0 spiro atoms. The highest BCUT2D eigenvalue weighted by Gasteiger charge is 2.23. The molecular formula is C31H36N4O6S. The maximum atomic E-state index is 13.1. The van der Waals surface area contributed by atoms with E-state index in [4.69, 9.17) is 9.47 Å². The number of hydrogen-bond donors (Lipinski definition) is 3. The average Bonchev–Trinajstić information content (AvgIpc) is 3.66. The normalized spacial score (nSPS) is 15.2. The summed E-state index contributed by atoms with van der Waals surface area (Å²) in [4.78, 5) is 28.8. The lowest BCUT2D eigenvalue weighted by Crippen LogP contribution is -2.23. The van der Waals surface area contributed by atoms with Gasteiger partial charge in [-0.3, -0.25) is 9.59 Å². The van der Waals surface area contributed by atoms with Crippen LogP contribution in [0.2, 0.25) is 0 Å². The fraction of sp³-hybridized carbons (Fsp3) is 0.355. The number of nitrogens with one attached hydrogen (secondary N) is 3. The lowest BCUT2D eigenvalue weighted by molar-refractivity contribution is 0.0951. The highest BCUT2D eigenvalue weighted by atomic mass is 32.2. The van der Waals surface area contributed by atoms with Crippen LogP contribution >= 0.6 is 0 Å². The highest BCUT2D eigenvalue weighted by Crippen LogP contribution is 2.41. The van der Waals surface area contributed by atoms with Crippen LogP contribution < -0.4 is 20.9 Å². The minimum Gasteiger partial charge on any atom is -0.454 e. The molecule has 1 saturated heterocycles. The molecule has 0 bridgehead atoms. The highest BCUT2D eigenvalue weighted by molar-refractivity contribution is 7.91. The van der Waals surface area contributed by atoms with Crippen LogP contribution in [0, 0.1) is 12.8 Å². The molecule has 11 heteroatoms. The molecule has 4 aromatic rings. The van der Waals surface area contributed by atoms with E-state index in [0.717, 1.165) is 30.8 Å². The van der Waals surface area contributed by atoms with Crippen molar-refractivity contribution in [3.05, 3.63) is 70.3 Å². The molecule has 0 radical (unpaired) electrons. The summed E-state index contributed by atoms with van der Waals surface area (Å²) in [6, 6.07) is 12.2. The van der Waals surface area contributed by atoms with E-state index in [0.29, 0.717) is 47.1 Å². The molecule has 1 unspecified atom stereocenters. The summed E-state index contributed by atoms with van der Waals surface area (Å²) >= 11 is 0. The molecule has 222 valence electrons. The molecule has 2 aromatic carbocycles. The maximum Gasteiger partial charge on any atom is 0.274 e. The van der Waals surface area contributed by atoms with Gasteiger partial charge in [0.2, 0.25) is 0 Å². The van der Waals surface area contributed by atoms with E-state index in [9.17, 15) is 18.0 Å². The van der Waals surface area contributed by atoms with Crippen LogP contribution in [0.1, 0.15) is 36.3 Å². The van der Waals surface area contributed by atoms with Crippen molar-refractivity contribution in [1.82, 2.24) is 14.9 Å². The molecular weight excluding hydrogens is 556 g/mol. The fourth-order valence-electron chi connectivity index (χ4n) is 5.13. The minimum absolute atomic E-state index is 0.0719. The third-order valence-electron chi connectivity index (χ3n) is 7.56. The number of nitrogens with zero attached hydrogens (tertiary/aromatic N) is 1. The first-order chi connectivity index (χ1) is 20.1. The number of H-pyrrole nitrogens is 1. The lowest BCUT2D eigenvalue weighted by Gasteiger charge is -2.19. The maximum absolute atomic E-state index is 13.1. The van der Waals surface area contributed by atoms with Gasteiger partial charge in [-0.1, -0.05) is 19.1 Å². The van der Waals surface area contributed by atoms with Crippen LogP contribution in [0.4, 0.5) is 5.69 Å². The molecule has 0 saturated carbocycles. The molecule has 1 fully saturated rings. The van der Waals surface area contributed by atoms with Crippen molar-refractivity contribution >= 4 is 32.3 Å². The molecule has 1 aliphatic heterocycles. The van der Waals surface area contributed by atoms with Crippen LogP contribution in [0.15, 0.2) is 58.4 Å². The predicted molar refractivity (Wildman–Crippen MR) is 163 cm³/mol. The number of benzene rings is 2. The van der Waals surface area contributed by atoms with E-state index in [2.05, 4.69) is 15.6 Å². The Hall–Kier alpha value is -4.09. The van der Waals surface area contributed by atoms with Crippen molar-refractivity contribution in [3.8, 4) is 22.6 Å². The van der Waals surface area contributed by atoms with E-state index in [-0.39, 0.29) is 33.3 Å². The summed E-state index contributed by atoms with van der Waals surface area (Å²) in [6.45, 7) is 7.98. The molecule has 2 aromatic heterocycles. The fourth-order valence-corrected chi connectivity index (χ4v) is 6.04. The van der Waals surface area contributed by atoms with Crippen molar-refractivity contribution in [2.45, 2.75) is 32.1 Å². The van der Waals surface area contributed by atoms with Gasteiger partial charge in [-0.25, -0.2) is 8.42 Å². The topological polar surface area (TPSA) is 132 Å². The van der Waals surface area contributed by atoms with E-state index in [1.54, 1.807) is 38.4 Å². The quantitative estimate of drug-likeness (QED) is 0.245. The Morgan fingerprint density at radius 3 is 2.69 bits per heavy atom. The van der Waals surface area contributed by atoms with Crippen molar-refractivity contribution < 1.29 is 22.7 Å². The molecule has 1 atom stereocenters. The van der Waals surface area contributed by atoms with Crippen molar-refractivity contribution in [2.24, 2.45) is 13.0 Å². The number of sulfone groups is 1. The Balaban J connectivity index is 1.67. The number of pyridine rings is 1. The predicted octanol–water partition coefficient (Wildman–Crippen LogP) is 4.63. The number of aromatic amines is 1. The van der Waals surface area contributed by atoms with Gasteiger partial charge < -0.3 is 29.7 Å². The standard InChI is InChI=1S/C31H36N4O6S/c1-5-32-30(36)26-15-23-24(17-35(4)31(37)28(23)34-26)22-14-21(42(38,39)6-2)10-11-27(22)41-29-19(3)8-7-9-25(29)33-16-20-12-13-40-18-20/h7-11,14-15,17,20,33-34H,5-6,12-13,16,18H2,1-4H3,(H,32,36). The number of aryl methyl sites for hydroxylation is 2. The van der Waals surface area contributed by atoms with Gasteiger partial charge in [-0.05, 0) is 56.2 Å². The molecule has 1 amide bonds. The first-order valence-corrected chi connectivity index (χ1v) is 15.7. The van der Waals surface area contributed by atoms with E-state index >= 15 is 0 Å². The molecule has 5 rings (SSSR count). The number of carbonyl (C=O) groups is 1. The Bertz CT molecular complexity index is 1800. The first kappa shape index (κ1) is 29.4. The van der Waals surface area contributed by atoms with Gasteiger partial charge in [-0.15, -0.1) is 0 Å². The molecule has 10 nitrogen and oxygen atoms in total. The van der Waals surface area contributed by atoms with Crippen molar-refractivity contribution in [2.75, 3.05) is 37.4 Å². The number of carbonyl (C=O) groups excluding carboxylic acids is 1. The van der Waals surface area contributed by atoms with Gasteiger partial charge in [0.1, 0.15) is 17.0 Å². The second-order valence-electron chi connectivity index (χ2n) is 10.5. The monoisotopic (exact) mass is 592 g/mol. The van der Waals surface area contributed by atoms with Crippen LogP contribution in [0.25, 0.3) is 22.0 Å². The third-order valence-corrected chi connectivity index (χ3v) is 9.29. The van der Waals surface area contributed by atoms with Crippen LogP contribution in [0.3, 0.4) is 0 Å². The molecule has 3 heterocycles. The number of rotatable bonds is 10. The molecule has 3 N–H and O–H groups in total. The second-order valence-corrected chi connectivity index (χ2v) is 12.8. The largest absolute Gasteiger partial charge is 0.454 e. The summed E-state index contributed by atoms with van der Waals surface area (Å²) in [5.74, 6) is 1.01.